The van der Waals surface area contributed by atoms with E-state index >= 15 is 0 Å². The van der Waals surface area contributed by atoms with Gasteiger partial charge in [-0.1, -0.05) is 36.9 Å². The van der Waals surface area contributed by atoms with Crippen molar-refractivity contribution in [1.82, 2.24) is 14.5 Å². The predicted molar refractivity (Wildman–Crippen MR) is 113 cm³/mol. The van der Waals surface area contributed by atoms with Crippen molar-refractivity contribution in [3.05, 3.63) is 76.6 Å². The van der Waals surface area contributed by atoms with Crippen molar-refractivity contribution in [3.63, 3.8) is 0 Å². The number of carboxylic acid groups (broad SMARTS) is 1. The molecule has 3 aromatic rings. The molecule has 0 atom stereocenters. The minimum atomic E-state index is -1.26. The Balaban J connectivity index is 1.56. The second-order valence-corrected chi connectivity index (χ2v) is 7.06. The van der Waals surface area contributed by atoms with Crippen LogP contribution in [0.1, 0.15) is 15.9 Å². The molecule has 2 aromatic heterocycles. The fourth-order valence-electron chi connectivity index (χ4n) is 3.66. The van der Waals surface area contributed by atoms with Crippen molar-refractivity contribution in [2.75, 3.05) is 31.1 Å². The zero-order valence-corrected chi connectivity index (χ0v) is 16.0. The number of benzene rings is 1. The minimum Gasteiger partial charge on any atom is -0.477 e. The van der Waals surface area contributed by atoms with Gasteiger partial charge in [-0.15, -0.1) is 0 Å². The lowest BCUT2D eigenvalue weighted by molar-refractivity contribution is 0.0695. The maximum absolute atomic E-state index is 12.5. The Bertz CT molecular complexity index is 1120. The van der Waals surface area contributed by atoms with Crippen LogP contribution in [0.3, 0.4) is 0 Å². The summed E-state index contributed by atoms with van der Waals surface area (Å²) in [4.78, 5) is 33.0. The van der Waals surface area contributed by atoms with Crippen molar-refractivity contribution in [2.45, 2.75) is 6.54 Å². The SMILES string of the molecule is C=Cn1cc(C(=O)O)c(=O)c2ccc(N3CCN(Cc4ccccc4)CC3)nc21. The Morgan fingerprint density at radius 1 is 1.10 bits per heavy atom. The summed E-state index contributed by atoms with van der Waals surface area (Å²) in [6.07, 6.45) is 2.73. The average Bonchev–Trinajstić information content (AvgIpc) is 2.75. The lowest BCUT2D eigenvalue weighted by Crippen LogP contribution is -2.46. The maximum Gasteiger partial charge on any atom is 0.341 e. The number of nitrogens with zero attached hydrogens (tertiary/aromatic N) is 4. The first-order chi connectivity index (χ1) is 14.1. The van der Waals surface area contributed by atoms with E-state index in [1.807, 2.05) is 6.07 Å². The Hall–Kier alpha value is -3.45. The summed E-state index contributed by atoms with van der Waals surface area (Å²) >= 11 is 0. The molecular weight excluding hydrogens is 368 g/mol. The molecule has 1 fully saturated rings. The van der Waals surface area contributed by atoms with Crippen LogP contribution in [0, 0.1) is 0 Å². The molecule has 7 heteroatoms. The molecule has 1 aliphatic rings. The van der Waals surface area contributed by atoms with Crippen molar-refractivity contribution in [2.24, 2.45) is 0 Å². The summed E-state index contributed by atoms with van der Waals surface area (Å²) in [7, 11) is 0. The van der Waals surface area contributed by atoms with Crippen LogP contribution in [0.5, 0.6) is 0 Å². The number of hydrogen-bond donors (Lipinski definition) is 1. The zero-order chi connectivity index (χ0) is 20.4. The van der Waals surface area contributed by atoms with Gasteiger partial charge >= 0.3 is 5.97 Å². The summed E-state index contributed by atoms with van der Waals surface area (Å²) < 4.78 is 1.50. The summed E-state index contributed by atoms with van der Waals surface area (Å²) in [5.41, 5.74) is 0.895. The largest absolute Gasteiger partial charge is 0.477 e. The van der Waals surface area contributed by atoms with E-state index in [1.54, 1.807) is 12.1 Å². The second-order valence-electron chi connectivity index (χ2n) is 7.06. The molecule has 3 heterocycles. The van der Waals surface area contributed by atoms with Crippen LogP contribution in [0.4, 0.5) is 5.82 Å². The molecule has 1 N–H and O–H groups in total. The molecule has 29 heavy (non-hydrogen) atoms. The summed E-state index contributed by atoms with van der Waals surface area (Å²) in [6, 6.07) is 13.8. The first-order valence-corrected chi connectivity index (χ1v) is 9.50. The molecule has 0 bridgehead atoms. The number of carbonyl (C=O) groups is 1. The number of anilines is 1. The van der Waals surface area contributed by atoms with Crippen LogP contribution < -0.4 is 10.3 Å². The highest BCUT2D eigenvalue weighted by Crippen LogP contribution is 2.19. The quantitative estimate of drug-likeness (QED) is 0.721. The van der Waals surface area contributed by atoms with Gasteiger partial charge in [0.25, 0.3) is 0 Å². The Morgan fingerprint density at radius 3 is 2.48 bits per heavy atom. The van der Waals surface area contributed by atoms with E-state index in [-0.39, 0.29) is 10.9 Å². The van der Waals surface area contributed by atoms with Gasteiger partial charge in [0.2, 0.25) is 5.43 Å². The second kappa shape index (κ2) is 7.89. The third-order valence-electron chi connectivity index (χ3n) is 5.23. The molecule has 4 rings (SSSR count). The molecule has 7 nitrogen and oxygen atoms in total. The lowest BCUT2D eigenvalue weighted by Gasteiger charge is -2.35. The highest BCUT2D eigenvalue weighted by molar-refractivity contribution is 5.92. The highest BCUT2D eigenvalue weighted by Gasteiger charge is 2.20. The molecule has 0 spiro atoms. The third-order valence-corrected chi connectivity index (χ3v) is 5.23. The van der Waals surface area contributed by atoms with E-state index in [9.17, 15) is 14.7 Å². The Morgan fingerprint density at radius 2 is 1.83 bits per heavy atom. The smallest absolute Gasteiger partial charge is 0.341 e. The molecule has 0 radical (unpaired) electrons. The van der Waals surface area contributed by atoms with Crippen LogP contribution in [0.25, 0.3) is 17.2 Å². The molecule has 0 aliphatic carbocycles. The molecule has 1 aliphatic heterocycles. The number of carboxylic acids is 1. The average molecular weight is 390 g/mol. The van der Waals surface area contributed by atoms with E-state index in [0.717, 1.165) is 38.5 Å². The van der Waals surface area contributed by atoms with Crippen molar-refractivity contribution >= 4 is 29.0 Å². The van der Waals surface area contributed by atoms with E-state index in [0.29, 0.717) is 5.65 Å². The van der Waals surface area contributed by atoms with Gasteiger partial charge in [-0.05, 0) is 17.7 Å². The number of fused-ring (bicyclic) bond motifs is 1. The Kier molecular flexibility index (Phi) is 5.14. The van der Waals surface area contributed by atoms with Crippen LogP contribution in [0.15, 0.2) is 60.0 Å². The topological polar surface area (TPSA) is 78.7 Å². The molecule has 1 aromatic carbocycles. The van der Waals surface area contributed by atoms with Crippen molar-refractivity contribution in [3.8, 4) is 0 Å². The minimum absolute atomic E-state index is 0.274. The van der Waals surface area contributed by atoms with Gasteiger partial charge in [0.15, 0.2) is 0 Å². The van der Waals surface area contributed by atoms with Crippen molar-refractivity contribution in [1.29, 1.82) is 0 Å². The number of aromatic nitrogens is 2. The number of aromatic carboxylic acids is 1. The summed E-state index contributed by atoms with van der Waals surface area (Å²) in [6.45, 7) is 8.13. The first kappa shape index (κ1) is 18.9. The van der Waals surface area contributed by atoms with Gasteiger partial charge in [-0.3, -0.25) is 9.69 Å². The van der Waals surface area contributed by atoms with Gasteiger partial charge < -0.3 is 14.6 Å². The van der Waals surface area contributed by atoms with E-state index in [2.05, 4.69) is 45.6 Å². The van der Waals surface area contributed by atoms with Crippen LogP contribution in [-0.4, -0.2) is 51.7 Å². The van der Waals surface area contributed by atoms with Gasteiger partial charge in [0, 0.05) is 45.1 Å². The first-order valence-electron chi connectivity index (χ1n) is 9.50. The van der Waals surface area contributed by atoms with E-state index in [1.165, 1.54) is 22.5 Å². The lowest BCUT2D eigenvalue weighted by atomic mass is 10.2. The monoisotopic (exact) mass is 390 g/mol. The van der Waals surface area contributed by atoms with E-state index in [4.69, 9.17) is 0 Å². The third kappa shape index (κ3) is 3.77. The van der Waals surface area contributed by atoms with Gasteiger partial charge in [0.1, 0.15) is 17.0 Å². The molecule has 0 amide bonds. The van der Waals surface area contributed by atoms with E-state index < -0.39 is 11.4 Å². The number of hydrogen-bond acceptors (Lipinski definition) is 5. The fourth-order valence-corrected chi connectivity index (χ4v) is 3.66. The number of piperazine rings is 1. The molecule has 0 saturated carbocycles. The number of rotatable bonds is 5. The van der Waals surface area contributed by atoms with Crippen LogP contribution in [0.2, 0.25) is 0 Å². The van der Waals surface area contributed by atoms with Crippen LogP contribution >= 0.6 is 0 Å². The fraction of sp³-hybridized carbons (Fsp3) is 0.227. The standard InChI is InChI=1S/C22H22N4O3/c1-2-25-15-18(22(28)29)20(27)17-8-9-19(23-21(17)25)26-12-10-24(11-13-26)14-16-6-4-3-5-7-16/h2-9,15H,1,10-14H2,(H,28,29). The molecular formula is C22H22N4O3. The maximum atomic E-state index is 12.5. The molecule has 148 valence electrons. The summed E-state index contributed by atoms with van der Waals surface area (Å²) in [5.74, 6) is -0.485. The zero-order valence-electron chi connectivity index (χ0n) is 16.0. The molecule has 1 saturated heterocycles. The summed E-state index contributed by atoms with van der Waals surface area (Å²) in [5, 5.41) is 9.53. The predicted octanol–water partition coefficient (Wildman–Crippen LogP) is 2.52. The van der Waals surface area contributed by atoms with Crippen LogP contribution in [-0.2, 0) is 6.54 Å². The van der Waals surface area contributed by atoms with Gasteiger partial charge in [-0.25, -0.2) is 9.78 Å². The van der Waals surface area contributed by atoms with Crippen molar-refractivity contribution < 1.29 is 9.90 Å². The normalized spacial score (nSPS) is 14.8. The molecule has 0 unspecified atom stereocenters. The highest BCUT2D eigenvalue weighted by atomic mass is 16.4. The number of pyridine rings is 2. The van der Waals surface area contributed by atoms with Gasteiger partial charge in [0.05, 0.1) is 5.39 Å². The Labute approximate surface area is 168 Å². The van der Waals surface area contributed by atoms with Gasteiger partial charge in [-0.2, -0.15) is 0 Å².